The molecule has 8 nitrogen and oxygen atoms in total. The van der Waals surface area contributed by atoms with E-state index in [1.54, 1.807) is 52.1 Å². The molecule has 0 aliphatic heterocycles. The Balaban J connectivity index is 2.26. The molecule has 0 radical (unpaired) electrons. The zero-order chi connectivity index (χ0) is 20.0. The number of hydrogen-bond donors (Lipinski definition) is 2. The molecular weight excluding hydrogens is 368 g/mol. The monoisotopic (exact) mass is 392 g/mol. The summed E-state index contributed by atoms with van der Waals surface area (Å²) in [6.07, 6.45) is 0. The summed E-state index contributed by atoms with van der Waals surface area (Å²) in [4.78, 5) is 41.3. The van der Waals surface area contributed by atoms with E-state index in [1.165, 1.54) is 4.57 Å². The maximum atomic E-state index is 12.8. The fraction of sp³-hybridized carbons (Fsp3) is 0.444. The molecule has 2 N–H and O–H groups in total. The average Bonchev–Trinajstić information content (AvgIpc) is 2.60. The number of rotatable bonds is 7. The minimum Gasteiger partial charge on any atom is -0.383 e. The highest BCUT2D eigenvalue weighted by atomic mass is 32.2. The van der Waals surface area contributed by atoms with Gasteiger partial charge in [0.15, 0.2) is 5.16 Å². The summed E-state index contributed by atoms with van der Waals surface area (Å²) >= 11 is 1.12. The minimum atomic E-state index is -0.621. The Morgan fingerprint density at radius 2 is 1.96 bits per heavy atom. The molecule has 1 heterocycles. The highest BCUT2D eigenvalue weighted by molar-refractivity contribution is 8.00. The summed E-state index contributed by atoms with van der Waals surface area (Å²) in [5.74, 6) is -0.459. The predicted octanol–water partition coefficient (Wildman–Crippen LogP) is 1.76. The van der Waals surface area contributed by atoms with Crippen LogP contribution in [-0.4, -0.2) is 46.5 Å². The van der Waals surface area contributed by atoms with Crippen LogP contribution in [0.4, 0.5) is 4.79 Å². The SMILES string of the molecule is COCCn1c(S[C@@H](C)C(=O)NC(=O)NC(C)C)nc2ccccc2c1=O. The van der Waals surface area contributed by atoms with Gasteiger partial charge in [-0.1, -0.05) is 23.9 Å². The number of imide groups is 1. The normalized spacial score (nSPS) is 12.2. The number of hydrogen-bond acceptors (Lipinski definition) is 6. The van der Waals surface area contributed by atoms with Crippen LogP contribution < -0.4 is 16.2 Å². The molecule has 0 saturated carbocycles. The number of carbonyl (C=O) groups excluding carboxylic acids is 2. The molecule has 0 aliphatic carbocycles. The maximum Gasteiger partial charge on any atom is 0.321 e. The van der Waals surface area contributed by atoms with Crippen LogP contribution in [0.5, 0.6) is 0 Å². The average molecular weight is 392 g/mol. The van der Waals surface area contributed by atoms with Crippen molar-refractivity contribution < 1.29 is 14.3 Å². The second kappa shape index (κ2) is 9.52. The number of ether oxygens (including phenoxy) is 1. The van der Waals surface area contributed by atoms with Crippen LogP contribution in [-0.2, 0) is 16.1 Å². The van der Waals surface area contributed by atoms with Crippen LogP contribution in [0.25, 0.3) is 10.9 Å². The first kappa shape index (κ1) is 20.9. The molecule has 0 bridgehead atoms. The number of methoxy groups -OCH3 is 1. The lowest BCUT2D eigenvalue weighted by Gasteiger charge is -2.16. The van der Waals surface area contributed by atoms with E-state index in [4.69, 9.17) is 4.74 Å². The fourth-order valence-corrected chi connectivity index (χ4v) is 3.28. The second-order valence-corrected chi connectivity index (χ2v) is 7.55. The van der Waals surface area contributed by atoms with Gasteiger partial charge in [-0.2, -0.15) is 0 Å². The number of benzene rings is 1. The first-order chi connectivity index (χ1) is 12.8. The Bertz CT molecular complexity index is 881. The van der Waals surface area contributed by atoms with Crippen LogP contribution in [0.2, 0.25) is 0 Å². The van der Waals surface area contributed by atoms with Crippen molar-refractivity contribution >= 4 is 34.6 Å². The highest BCUT2D eigenvalue weighted by Crippen LogP contribution is 2.22. The van der Waals surface area contributed by atoms with Gasteiger partial charge in [0.25, 0.3) is 5.56 Å². The van der Waals surface area contributed by atoms with Crippen LogP contribution in [0, 0.1) is 0 Å². The van der Waals surface area contributed by atoms with Crippen molar-refractivity contribution in [2.75, 3.05) is 13.7 Å². The fourth-order valence-electron chi connectivity index (χ4n) is 2.34. The van der Waals surface area contributed by atoms with E-state index in [0.29, 0.717) is 29.2 Å². The third-order valence-corrected chi connectivity index (χ3v) is 4.74. The smallest absolute Gasteiger partial charge is 0.321 e. The summed E-state index contributed by atoms with van der Waals surface area (Å²) in [6, 6.07) is 6.42. The third kappa shape index (κ3) is 5.54. The Morgan fingerprint density at radius 1 is 1.26 bits per heavy atom. The summed E-state index contributed by atoms with van der Waals surface area (Å²) in [7, 11) is 1.55. The molecule has 146 valence electrons. The number of nitrogens with one attached hydrogen (secondary N) is 2. The van der Waals surface area contributed by atoms with Crippen molar-refractivity contribution in [1.82, 2.24) is 20.2 Å². The van der Waals surface area contributed by atoms with Gasteiger partial charge in [-0.05, 0) is 32.9 Å². The molecule has 9 heteroatoms. The van der Waals surface area contributed by atoms with Crippen LogP contribution in [0.1, 0.15) is 20.8 Å². The molecule has 1 aromatic heterocycles. The van der Waals surface area contributed by atoms with Gasteiger partial charge in [-0.25, -0.2) is 9.78 Å². The lowest BCUT2D eigenvalue weighted by Crippen LogP contribution is -2.45. The summed E-state index contributed by atoms with van der Waals surface area (Å²) in [6.45, 7) is 5.92. The maximum absolute atomic E-state index is 12.8. The molecule has 1 atom stereocenters. The number of carbonyl (C=O) groups is 2. The van der Waals surface area contributed by atoms with Crippen LogP contribution in [0.15, 0.2) is 34.2 Å². The lowest BCUT2D eigenvalue weighted by atomic mass is 10.2. The molecule has 0 spiro atoms. The van der Waals surface area contributed by atoms with Gasteiger partial charge in [0.05, 0.1) is 29.3 Å². The Hall–Kier alpha value is -2.39. The number of aromatic nitrogens is 2. The number of amides is 3. The topological polar surface area (TPSA) is 102 Å². The van der Waals surface area contributed by atoms with Crippen LogP contribution in [0.3, 0.4) is 0 Å². The molecule has 0 saturated heterocycles. The first-order valence-corrected chi connectivity index (χ1v) is 9.48. The quantitative estimate of drug-likeness (QED) is 0.550. The van der Waals surface area contributed by atoms with Gasteiger partial charge >= 0.3 is 6.03 Å². The van der Waals surface area contributed by atoms with Crippen molar-refractivity contribution in [3.8, 4) is 0 Å². The van der Waals surface area contributed by atoms with E-state index in [1.807, 2.05) is 0 Å². The number of thioether (sulfide) groups is 1. The molecule has 1 aromatic carbocycles. The Morgan fingerprint density at radius 3 is 2.63 bits per heavy atom. The van der Waals surface area contributed by atoms with E-state index < -0.39 is 17.2 Å². The molecule has 3 amide bonds. The molecule has 2 rings (SSSR count). The summed E-state index contributed by atoms with van der Waals surface area (Å²) in [5, 5.41) is 5.18. The van der Waals surface area contributed by atoms with Gasteiger partial charge in [-0.3, -0.25) is 19.5 Å². The number of urea groups is 1. The van der Waals surface area contributed by atoms with Crippen LogP contribution >= 0.6 is 11.8 Å². The van der Waals surface area contributed by atoms with Crippen molar-refractivity contribution in [3.05, 3.63) is 34.6 Å². The standard InChI is InChI=1S/C18H24N4O4S/c1-11(2)19-17(25)21-15(23)12(3)27-18-20-14-8-6-5-7-13(14)16(24)22(18)9-10-26-4/h5-8,11-12H,9-10H2,1-4H3,(H2,19,21,23,25)/t12-/m0/s1. The van der Waals surface area contributed by atoms with Gasteiger partial charge in [0.2, 0.25) is 5.91 Å². The van der Waals surface area contributed by atoms with E-state index in [-0.39, 0.29) is 11.6 Å². The zero-order valence-corrected chi connectivity index (χ0v) is 16.6. The summed E-state index contributed by atoms with van der Waals surface area (Å²) < 4.78 is 6.58. The van der Waals surface area contributed by atoms with E-state index in [9.17, 15) is 14.4 Å². The minimum absolute atomic E-state index is 0.0814. The number of fused-ring (bicyclic) bond motifs is 1. The molecule has 0 aliphatic rings. The van der Waals surface area contributed by atoms with Gasteiger partial charge in [-0.15, -0.1) is 0 Å². The lowest BCUT2D eigenvalue weighted by molar-refractivity contribution is -0.119. The van der Waals surface area contributed by atoms with E-state index >= 15 is 0 Å². The summed E-state index contributed by atoms with van der Waals surface area (Å²) in [5.41, 5.74) is 0.370. The van der Waals surface area contributed by atoms with E-state index in [0.717, 1.165) is 11.8 Å². The van der Waals surface area contributed by atoms with Gasteiger partial charge < -0.3 is 10.1 Å². The largest absolute Gasteiger partial charge is 0.383 e. The van der Waals surface area contributed by atoms with Crippen molar-refractivity contribution in [2.24, 2.45) is 0 Å². The molecule has 27 heavy (non-hydrogen) atoms. The predicted molar refractivity (Wildman–Crippen MR) is 105 cm³/mol. The third-order valence-electron chi connectivity index (χ3n) is 3.65. The number of para-hydroxylation sites is 1. The van der Waals surface area contributed by atoms with E-state index in [2.05, 4.69) is 15.6 Å². The number of nitrogens with zero attached hydrogens (tertiary/aromatic N) is 2. The zero-order valence-electron chi connectivity index (χ0n) is 15.8. The Kier molecular flexibility index (Phi) is 7.37. The van der Waals surface area contributed by atoms with Gasteiger partial charge in [0.1, 0.15) is 0 Å². The molecule has 0 unspecified atom stereocenters. The van der Waals surface area contributed by atoms with Crippen molar-refractivity contribution in [3.63, 3.8) is 0 Å². The van der Waals surface area contributed by atoms with Crippen molar-refractivity contribution in [1.29, 1.82) is 0 Å². The second-order valence-electron chi connectivity index (χ2n) is 6.24. The molecular formula is C18H24N4O4S. The molecule has 0 fully saturated rings. The van der Waals surface area contributed by atoms with Gasteiger partial charge in [0, 0.05) is 13.2 Å². The van der Waals surface area contributed by atoms with Crippen molar-refractivity contribution in [2.45, 2.75) is 43.8 Å². The molecule has 2 aromatic rings. The Labute approximate surface area is 161 Å². The highest BCUT2D eigenvalue weighted by Gasteiger charge is 2.21. The first-order valence-electron chi connectivity index (χ1n) is 8.60.